The molecule has 0 bridgehead atoms. The summed E-state index contributed by atoms with van der Waals surface area (Å²) >= 11 is 0. The average molecular weight is 274 g/mol. The van der Waals surface area contributed by atoms with Crippen molar-refractivity contribution in [3.8, 4) is 5.75 Å². The second-order valence-corrected chi connectivity index (χ2v) is 4.95. The van der Waals surface area contributed by atoms with E-state index in [2.05, 4.69) is 16.5 Å². The molecule has 1 heterocycles. The first kappa shape index (κ1) is 14.6. The third-order valence-corrected chi connectivity index (χ3v) is 3.29. The zero-order chi connectivity index (χ0) is 14.4. The van der Waals surface area contributed by atoms with Crippen LogP contribution in [0, 0.1) is 0 Å². The average Bonchev–Trinajstić information content (AvgIpc) is 2.86. The van der Waals surface area contributed by atoms with Crippen molar-refractivity contribution in [1.82, 2.24) is 9.55 Å². The fourth-order valence-electron chi connectivity index (χ4n) is 2.33. The van der Waals surface area contributed by atoms with E-state index in [1.807, 2.05) is 30.5 Å². The number of hydrogen-bond acceptors (Lipinski definition) is 3. The molecule has 0 saturated carbocycles. The minimum Gasteiger partial charge on any atom is -0.497 e. The van der Waals surface area contributed by atoms with E-state index in [9.17, 15) is 5.11 Å². The van der Waals surface area contributed by atoms with Gasteiger partial charge in [0.15, 0.2) is 0 Å². The molecule has 1 N–H and O–H groups in total. The maximum absolute atomic E-state index is 10.2. The second-order valence-electron chi connectivity index (χ2n) is 4.95. The van der Waals surface area contributed by atoms with Crippen LogP contribution in [0.2, 0.25) is 0 Å². The van der Waals surface area contributed by atoms with Crippen molar-refractivity contribution in [3.05, 3.63) is 48.0 Å². The highest BCUT2D eigenvalue weighted by Crippen LogP contribution is 2.15. The Bertz CT molecular complexity index is 537. The number of nitrogens with zero attached hydrogens (tertiary/aromatic N) is 2. The van der Waals surface area contributed by atoms with Crippen LogP contribution in [0.5, 0.6) is 5.75 Å². The fraction of sp³-hybridized carbons (Fsp3) is 0.438. The number of aryl methyl sites for hydroxylation is 1. The highest BCUT2D eigenvalue weighted by Gasteiger charge is 2.11. The Morgan fingerprint density at radius 1 is 1.35 bits per heavy atom. The molecule has 1 unspecified atom stereocenters. The number of aliphatic hydroxyl groups is 1. The van der Waals surface area contributed by atoms with Crippen molar-refractivity contribution in [2.75, 3.05) is 7.11 Å². The quantitative estimate of drug-likeness (QED) is 0.843. The number of ether oxygens (including phenoxy) is 1. The van der Waals surface area contributed by atoms with Gasteiger partial charge in [-0.15, -0.1) is 0 Å². The van der Waals surface area contributed by atoms with Gasteiger partial charge in [0.2, 0.25) is 0 Å². The third-order valence-electron chi connectivity index (χ3n) is 3.29. The van der Waals surface area contributed by atoms with Gasteiger partial charge in [0.1, 0.15) is 11.6 Å². The van der Waals surface area contributed by atoms with E-state index in [0.717, 1.165) is 30.1 Å². The zero-order valence-corrected chi connectivity index (χ0v) is 12.1. The van der Waals surface area contributed by atoms with Crippen LogP contribution >= 0.6 is 0 Å². The molecule has 0 spiro atoms. The zero-order valence-electron chi connectivity index (χ0n) is 12.1. The monoisotopic (exact) mass is 274 g/mol. The third kappa shape index (κ3) is 3.84. The van der Waals surface area contributed by atoms with Gasteiger partial charge in [0, 0.05) is 25.4 Å². The van der Waals surface area contributed by atoms with E-state index in [0.29, 0.717) is 12.8 Å². The van der Waals surface area contributed by atoms with Crippen LogP contribution in [0.1, 0.15) is 24.7 Å². The minimum absolute atomic E-state index is 0.430. The van der Waals surface area contributed by atoms with Crippen molar-refractivity contribution in [2.45, 2.75) is 38.8 Å². The standard InChI is InChI=1S/C16H22N2O2/c1-3-8-18-9-7-17-16(18)12-14(19)10-13-5-4-6-15(11-13)20-2/h4-7,9,11,14,19H,3,8,10,12H2,1-2H3. The normalized spacial score (nSPS) is 12.3. The molecule has 4 nitrogen and oxygen atoms in total. The van der Waals surface area contributed by atoms with Gasteiger partial charge in [-0.05, 0) is 30.5 Å². The lowest BCUT2D eigenvalue weighted by Gasteiger charge is -2.12. The topological polar surface area (TPSA) is 47.3 Å². The van der Waals surface area contributed by atoms with E-state index < -0.39 is 6.10 Å². The number of imidazole rings is 1. The predicted molar refractivity (Wildman–Crippen MR) is 78.9 cm³/mol. The summed E-state index contributed by atoms with van der Waals surface area (Å²) in [5, 5.41) is 10.2. The first-order chi connectivity index (χ1) is 9.72. The highest BCUT2D eigenvalue weighted by atomic mass is 16.5. The molecule has 0 amide bonds. The number of rotatable bonds is 7. The molecular weight excluding hydrogens is 252 g/mol. The molecule has 0 aliphatic heterocycles. The molecule has 0 aliphatic rings. The van der Waals surface area contributed by atoms with Gasteiger partial charge in [-0.3, -0.25) is 0 Å². The molecule has 2 rings (SSSR count). The van der Waals surface area contributed by atoms with E-state index in [-0.39, 0.29) is 0 Å². The smallest absolute Gasteiger partial charge is 0.119 e. The second kappa shape index (κ2) is 7.10. The summed E-state index contributed by atoms with van der Waals surface area (Å²) in [5.74, 6) is 1.77. The van der Waals surface area contributed by atoms with Crippen molar-refractivity contribution in [1.29, 1.82) is 0 Å². The van der Waals surface area contributed by atoms with E-state index >= 15 is 0 Å². The summed E-state index contributed by atoms with van der Waals surface area (Å²) in [6.45, 7) is 3.08. The maximum Gasteiger partial charge on any atom is 0.119 e. The minimum atomic E-state index is -0.430. The molecule has 4 heteroatoms. The molecule has 20 heavy (non-hydrogen) atoms. The van der Waals surface area contributed by atoms with Crippen molar-refractivity contribution in [2.24, 2.45) is 0 Å². The summed E-state index contributed by atoms with van der Waals surface area (Å²) in [6.07, 6.45) is 5.58. The van der Waals surface area contributed by atoms with E-state index in [4.69, 9.17) is 4.74 Å². The van der Waals surface area contributed by atoms with Crippen LogP contribution in [0.3, 0.4) is 0 Å². The van der Waals surface area contributed by atoms with Crippen LogP contribution < -0.4 is 4.74 Å². The van der Waals surface area contributed by atoms with E-state index in [1.54, 1.807) is 13.3 Å². The summed E-state index contributed by atoms with van der Waals surface area (Å²) in [4.78, 5) is 4.33. The van der Waals surface area contributed by atoms with Gasteiger partial charge in [0.05, 0.1) is 13.2 Å². The molecule has 0 radical (unpaired) electrons. The molecule has 0 aliphatic carbocycles. The molecule has 108 valence electrons. The van der Waals surface area contributed by atoms with Gasteiger partial charge in [0.25, 0.3) is 0 Å². The van der Waals surface area contributed by atoms with Gasteiger partial charge < -0.3 is 14.4 Å². The van der Waals surface area contributed by atoms with Crippen molar-refractivity contribution < 1.29 is 9.84 Å². The van der Waals surface area contributed by atoms with Crippen LogP contribution in [-0.2, 0) is 19.4 Å². The number of hydrogen-bond donors (Lipinski definition) is 1. The molecule has 2 aromatic rings. The Labute approximate surface area is 120 Å². The summed E-state index contributed by atoms with van der Waals surface area (Å²) in [6, 6.07) is 7.81. The van der Waals surface area contributed by atoms with E-state index in [1.165, 1.54) is 0 Å². The Hall–Kier alpha value is -1.81. The van der Waals surface area contributed by atoms with Crippen LogP contribution in [0.15, 0.2) is 36.7 Å². The molecule has 1 aromatic heterocycles. The largest absolute Gasteiger partial charge is 0.497 e. The highest BCUT2D eigenvalue weighted by molar-refractivity contribution is 5.28. The maximum atomic E-state index is 10.2. The lowest BCUT2D eigenvalue weighted by molar-refractivity contribution is 0.171. The first-order valence-corrected chi connectivity index (χ1v) is 7.04. The molecule has 1 atom stereocenters. The molecule has 1 aromatic carbocycles. The van der Waals surface area contributed by atoms with Gasteiger partial charge in [-0.2, -0.15) is 0 Å². The van der Waals surface area contributed by atoms with Crippen LogP contribution in [-0.4, -0.2) is 27.9 Å². The van der Waals surface area contributed by atoms with Crippen molar-refractivity contribution in [3.63, 3.8) is 0 Å². The van der Waals surface area contributed by atoms with Crippen molar-refractivity contribution >= 4 is 0 Å². The Morgan fingerprint density at radius 2 is 2.20 bits per heavy atom. The SMILES string of the molecule is CCCn1ccnc1CC(O)Cc1cccc(OC)c1. The number of benzene rings is 1. The Kier molecular flexibility index (Phi) is 5.18. The number of methoxy groups -OCH3 is 1. The molecule has 0 saturated heterocycles. The number of aliphatic hydroxyl groups excluding tert-OH is 1. The first-order valence-electron chi connectivity index (χ1n) is 7.04. The van der Waals surface area contributed by atoms with Gasteiger partial charge in [-0.25, -0.2) is 4.98 Å². The lowest BCUT2D eigenvalue weighted by atomic mass is 10.1. The molecule has 0 fully saturated rings. The Morgan fingerprint density at radius 3 is 2.95 bits per heavy atom. The lowest BCUT2D eigenvalue weighted by Crippen LogP contribution is -2.17. The van der Waals surface area contributed by atoms with Gasteiger partial charge in [-0.1, -0.05) is 19.1 Å². The Balaban J connectivity index is 1.97. The summed E-state index contributed by atoms with van der Waals surface area (Å²) in [5.41, 5.74) is 1.07. The fourth-order valence-corrected chi connectivity index (χ4v) is 2.33. The van der Waals surface area contributed by atoms with Crippen LogP contribution in [0.4, 0.5) is 0 Å². The van der Waals surface area contributed by atoms with Gasteiger partial charge >= 0.3 is 0 Å². The summed E-state index contributed by atoms with van der Waals surface area (Å²) in [7, 11) is 1.65. The molecular formula is C16H22N2O2. The predicted octanol–water partition coefficient (Wildman–Crippen LogP) is 2.45. The van der Waals surface area contributed by atoms with Crippen LogP contribution in [0.25, 0.3) is 0 Å². The summed E-state index contributed by atoms with van der Waals surface area (Å²) < 4.78 is 7.30. The number of aromatic nitrogens is 2.